The van der Waals surface area contributed by atoms with E-state index in [9.17, 15) is 9.50 Å². The Morgan fingerprint density at radius 3 is 2.95 bits per heavy atom. The Balaban J connectivity index is 1.73. The van der Waals surface area contributed by atoms with Gasteiger partial charge in [0.2, 0.25) is 0 Å². The maximum atomic E-state index is 13.2. The molecule has 3 nitrogen and oxygen atoms in total. The fraction of sp³-hybridized carbons (Fsp3) is 0.200. The summed E-state index contributed by atoms with van der Waals surface area (Å²) in [5.41, 5.74) is 1.64. The van der Waals surface area contributed by atoms with E-state index in [1.165, 1.54) is 6.07 Å². The Kier molecular flexibility index (Phi) is 3.09. The number of hydrogen-bond acceptors (Lipinski definition) is 3. The van der Waals surface area contributed by atoms with Gasteiger partial charge in [0.15, 0.2) is 11.6 Å². The van der Waals surface area contributed by atoms with Gasteiger partial charge in [-0.2, -0.15) is 0 Å². The highest BCUT2D eigenvalue weighted by atomic mass is 19.1. The van der Waals surface area contributed by atoms with Crippen LogP contribution < -0.4 is 10.1 Å². The molecule has 2 aromatic carbocycles. The molecule has 98 valence electrons. The van der Waals surface area contributed by atoms with Crippen molar-refractivity contribution < 1.29 is 14.2 Å². The molecule has 0 aromatic heterocycles. The molecule has 1 unspecified atom stereocenters. The number of aromatic hydroxyl groups is 1. The van der Waals surface area contributed by atoms with Gasteiger partial charge in [0, 0.05) is 17.7 Å². The van der Waals surface area contributed by atoms with Gasteiger partial charge in [0.1, 0.15) is 12.4 Å². The van der Waals surface area contributed by atoms with Gasteiger partial charge in [0.25, 0.3) is 0 Å². The summed E-state index contributed by atoms with van der Waals surface area (Å²) in [6.07, 6.45) is 0. The molecule has 0 bridgehead atoms. The van der Waals surface area contributed by atoms with Crippen LogP contribution in [0.15, 0.2) is 42.5 Å². The van der Waals surface area contributed by atoms with Crippen LogP contribution in [0.4, 0.5) is 4.39 Å². The standard InChI is InChI=1S/C15H14FNO2/c16-12-6-3-4-10(15(12)18)8-17-13-9-19-14-7-2-1-5-11(13)14/h1-7,13,17-18H,8-9H2. The van der Waals surface area contributed by atoms with Crippen molar-refractivity contribution in [2.24, 2.45) is 0 Å². The Morgan fingerprint density at radius 2 is 2.05 bits per heavy atom. The predicted molar refractivity (Wildman–Crippen MR) is 69.6 cm³/mol. The second-order valence-electron chi connectivity index (χ2n) is 4.53. The number of rotatable bonds is 3. The van der Waals surface area contributed by atoms with Crippen molar-refractivity contribution in [3.8, 4) is 11.5 Å². The first-order valence-electron chi connectivity index (χ1n) is 6.17. The third-order valence-corrected chi connectivity index (χ3v) is 3.31. The fourth-order valence-corrected chi connectivity index (χ4v) is 2.27. The molecule has 4 heteroatoms. The monoisotopic (exact) mass is 259 g/mol. The lowest BCUT2D eigenvalue weighted by Crippen LogP contribution is -2.22. The summed E-state index contributed by atoms with van der Waals surface area (Å²) in [6.45, 7) is 0.946. The summed E-state index contributed by atoms with van der Waals surface area (Å²) in [5.74, 6) is -0.00645. The summed E-state index contributed by atoms with van der Waals surface area (Å²) in [7, 11) is 0. The van der Waals surface area contributed by atoms with Gasteiger partial charge in [0.05, 0.1) is 6.04 Å². The van der Waals surface area contributed by atoms with Crippen LogP contribution in [0.1, 0.15) is 17.2 Å². The van der Waals surface area contributed by atoms with E-state index in [-0.39, 0.29) is 11.8 Å². The van der Waals surface area contributed by atoms with Gasteiger partial charge >= 0.3 is 0 Å². The van der Waals surface area contributed by atoms with E-state index in [0.29, 0.717) is 18.7 Å². The molecule has 0 saturated heterocycles. The minimum absolute atomic E-state index is 0.0684. The van der Waals surface area contributed by atoms with Gasteiger partial charge < -0.3 is 15.2 Å². The number of para-hydroxylation sites is 2. The fourth-order valence-electron chi connectivity index (χ4n) is 2.27. The van der Waals surface area contributed by atoms with Gasteiger partial charge in [-0.25, -0.2) is 4.39 Å². The lowest BCUT2D eigenvalue weighted by Gasteiger charge is -2.12. The summed E-state index contributed by atoms with van der Waals surface area (Å²) < 4.78 is 18.8. The van der Waals surface area contributed by atoms with E-state index in [4.69, 9.17) is 4.74 Å². The van der Waals surface area contributed by atoms with Crippen molar-refractivity contribution in [1.82, 2.24) is 5.32 Å². The van der Waals surface area contributed by atoms with Gasteiger partial charge in [-0.3, -0.25) is 0 Å². The minimum Gasteiger partial charge on any atom is -0.505 e. The van der Waals surface area contributed by atoms with Crippen LogP contribution in [-0.2, 0) is 6.54 Å². The number of hydrogen-bond donors (Lipinski definition) is 2. The number of halogens is 1. The molecule has 0 amide bonds. The van der Waals surface area contributed by atoms with E-state index in [1.54, 1.807) is 12.1 Å². The van der Waals surface area contributed by atoms with Crippen molar-refractivity contribution >= 4 is 0 Å². The molecule has 0 radical (unpaired) electrons. The maximum absolute atomic E-state index is 13.2. The zero-order valence-electron chi connectivity index (χ0n) is 10.3. The van der Waals surface area contributed by atoms with E-state index >= 15 is 0 Å². The number of fused-ring (bicyclic) bond motifs is 1. The third-order valence-electron chi connectivity index (χ3n) is 3.31. The van der Waals surface area contributed by atoms with Crippen LogP contribution in [0.2, 0.25) is 0 Å². The third kappa shape index (κ3) is 2.27. The average Bonchev–Trinajstić information content (AvgIpc) is 2.84. The molecule has 1 atom stereocenters. The topological polar surface area (TPSA) is 41.5 Å². The van der Waals surface area contributed by atoms with E-state index < -0.39 is 5.82 Å². The Labute approximate surface area is 110 Å². The maximum Gasteiger partial charge on any atom is 0.165 e. The summed E-state index contributed by atoms with van der Waals surface area (Å²) in [5, 5.41) is 12.9. The second-order valence-corrected chi connectivity index (χ2v) is 4.53. The number of phenolic OH excluding ortho intramolecular Hbond substituents is 1. The van der Waals surface area contributed by atoms with E-state index in [2.05, 4.69) is 5.32 Å². The molecule has 2 N–H and O–H groups in total. The molecule has 0 fully saturated rings. The highest BCUT2D eigenvalue weighted by molar-refractivity contribution is 5.39. The quantitative estimate of drug-likeness (QED) is 0.890. The molecule has 1 aliphatic heterocycles. The molecule has 0 aliphatic carbocycles. The van der Waals surface area contributed by atoms with E-state index in [0.717, 1.165) is 11.3 Å². The molecule has 2 aromatic rings. The average molecular weight is 259 g/mol. The lowest BCUT2D eigenvalue weighted by atomic mass is 10.1. The van der Waals surface area contributed by atoms with Crippen LogP contribution in [0.5, 0.6) is 11.5 Å². The summed E-state index contributed by atoms with van der Waals surface area (Å²) >= 11 is 0. The zero-order valence-corrected chi connectivity index (χ0v) is 10.3. The van der Waals surface area contributed by atoms with Crippen molar-refractivity contribution in [2.75, 3.05) is 6.61 Å². The normalized spacial score (nSPS) is 17.0. The molecule has 19 heavy (non-hydrogen) atoms. The van der Waals surface area contributed by atoms with Gasteiger partial charge in [-0.1, -0.05) is 30.3 Å². The van der Waals surface area contributed by atoms with E-state index in [1.807, 2.05) is 24.3 Å². The molecular formula is C15H14FNO2. The highest BCUT2D eigenvalue weighted by Gasteiger charge is 2.23. The van der Waals surface area contributed by atoms with Crippen molar-refractivity contribution in [1.29, 1.82) is 0 Å². The van der Waals surface area contributed by atoms with Crippen molar-refractivity contribution in [2.45, 2.75) is 12.6 Å². The van der Waals surface area contributed by atoms with Crippen LogP contribution >= 0.6 is 0 Å². The number of nitrogens with one attached hydrogen (secondary N) is 1. The lowest BCUT2D eigenvalue weighted by molar-refractivity contribution is 0.309. The Morgan fingerprint density at radius 1 is 1.21 bits per heavy atom. The molecule has 1 heterocycles. The van der Waals surface area contributed by atoms with Gasteiger partial charge in [-0.05, 0) is 12.1 Å². The van der Waals surface area contributed by atoms with Crippen LogP contribution in [0.3, 0.4) is 0 Å². The Hall–Kier alpha value is -2.07. The summed E-state index contributed by atoms with van der Waals surface area (Å²) in [4.78, 5) is 0. The minimum atomic E-state index is -0.595. The molecule has 3 rings (SSSR count). The molecule has 0 spiro atoms. The highest BCUT2D eigenvalue weighted by Crippen LogP contribution is 2.32. The molecule has 1 aliphatic rings. The van der Waals surface area contributed by atoms with Crippen molar-refractivity contribution in [3.05, 3.63) is 59.4 Å². The second kappa shape index (κ2) is 4.90. The molecular weight excluding hydrogens is 245 g/mol. The first-order valence-corrected chi connectivity index (χ1v) is 6.17. The van der Waals surface area contributed by atoms with Crippen molar-refractivity contribution in [3.63, 3.8) is 0 Å². The number of phenols is 1. The Bertz CT molecular complexity index is 600. The first-order chi connectivity index (χ1) is 9.25. The van der Waals surface area contributed by atoms with Gasteiger partial charge in [-0.15, -0.1) is 0 Å². The number of ether oxygens (including phenoxy) is 1. The SMILES string of the molecule is Oc1c(F)cccc1CNC1COc2ccccc21. The number of benzene rings is 2. The summed E-state index contributed by atoms with van der Waals surface area (Å²) in [6, 6.07) is 12.4. The van der Waals surface area contributed by atoms with Crippen LogP contribution in [-0.4, -0.2) is 11.7 Å². The smallest absolute Gasteiger partial charge is 0.165 e. The predicted octanol–water partition coefficient (Wildman–Crippen LogP) is 2.75. The van der Waals surface area contributed by atoms with Crippen LogP contribution in [0, 0.1) is 5.82 Å². The van der Waals surface area contributed by atoms with Crippen LogP contribution in [0.25, 0.3) is 0 Å². The zero-order chi connectivity index (χ0) is 13.2. The first kappa shape index (κ1) is 12.0. The molecule has 0 saturated carbocycles. The largest absolute Gasteiger partial charge is 0.505 e.